The van der Waals surface area contributed by atoms with E-state index in [-0.39, 0.29) is 10.4 Å². The number of benzene rings is 1. The van der Waals surface area contributed by atoms with Crippen molar-refractivity contribution in [3.63, 3.8) is 0 Å². The fourth-order valence-corrected chi connectivity index (χ4v) is 1.59. The highest BCUT2D eigenvalue weighted by Gasteiger charge is 1.95. The fraction of sp³-hybridized carbons (Fsp3) is 0.273. The molecule has 2 N–H and O–H groups in total. The molecule has 0 amide bonds. The monoisotopic (exact) mass is 221 g/mol. The molecular weight excluding hydrogens is 210 g/mol. The van der Waals surface area contributed by atoms with Gasteiger partial charge in [-0.2, -0.15) is 0 Å². The molecule has 0 aliphatic heterocycles. The summed E-state index contributed by atoms with van der Waals surface area (Å²) in [5, 5.41) is 5.84. The number of hydrogen-bond acceptors (Lipinski definition) is 4. The molecule has 78 valence electrons. The van der Waals surface area contributed by atoms with Gasteiger partial charge in [-0.05, 0) is 30.5 Å². The Kier molecular flexibility index (Phi) is 4.88. The average molecular weight is 221 g/mol. The summed E-state index contributed by atoms with van der Waals surface area (Å²) >= 11 is 1.30. The Morgan fingerprint density at radius 2 is 1.93 bits per heavy atom. The van der Waals surface area contributed by atoms with Crippen molar-refractivity contribution in [3.8, 4) is 0 Å². The van der Waals surface area contributed by atoms with E-state index >= 15 is 0 Å². The molecule has 0 heterocycles. The van der Waals surface area contributed by atoms with E-state index in [2.05, 4.69) is 0 Å². The minimum absolute atomic E-state index is 0.266. The second kappa shape index (κ2) is 6.23. The van der Waals surface area contributed by atoms with Gasteiger partial charge in [0.05, 0.1) is 10.4 Å². The quantitative estimate of drug-likeness (QED) is 0.536. The predicted molar refractivity (Wildman–Crippen MR) is 60.3 cm³/mol. The molecule has 0 bridgehead atoms. The van der Waals surface area contributed by atoms with Crippen molar-refractivity contribution in [1.82, 2.24) is 0 Å². The first-order chi connectivity index (χ1) is 7.31. The maximum atomic E-state index is 10.5. The van der Waals surface area contributed by atoms with Gasteiger partial charge in [0.25, 0.3) is 0 Å². The smallest absolute Gasteiger partial charge is 0.133 e. The van der Waals surface area contributed by atoms with E-state index < -0.39 is 0 Å². The van der Waals surface area contributed by atoms with Crippen LogP contribution in [0.15, 0.2) is 18.2 Å². The summed E-state index contributed by atoms with van der Waals surface area (Å²) in [5.41, 5.74) is 1.02. The summed E-state index contributed by atoms with van der Waals surface area (Å²) in [4.78, 5) is 21.0. The first-order valence-corrected chi connectivity index (χ1v) is 5.57. The Morgan fingerprint density at radius 3 is 2.53 bits per heavy atom. The molecular formula is C11H11NO2S. The third-order valence-electron chi connectivity index (χ3n) is 2.03. The van der Waals surface area contributed by atoms with E-state index in [1.54, 1.807) is 24.0 Å². The van der Waals surface area contributed by atoms with Gasteiger partial charge in [-0.25, -0.2) is 9.59 Å². The van der Waals surface area contributed by atoms with Crippen molar-refractivity contribution in [2.24, 2.45) is 5.14 Å². The molecule has 0 saturated heterocycles. The molecule has 3 nitrogen and oxygen atoms in total. The van der Waals surface area contributed by atoms with Crippen LogP contribution in [0, 0.1) is 0 Å². The second-order valence-corrected chi connectivity index (χ2v) is 3.80. The van der Waals surface area contributed by atoms with Gasteiger partial charge in [0, 0.05) is 5.75 Å². The van der Waals surface area contributed by atoms with E-state index in [0.717, 1.165) is 24.2 Å². The molecule has 0 radical (unpaired) electrons. The van der Waals surface area contributed by atoms with Crippen molar-refractivity contribution < 1.29 is 9.59 Å². The van der Waals surface area contributed by atoms with Gasteiger partial charge in [-0.1, -0.05) is 18.0 Å². The normalized spacial score (nSPS) is 9.40. The molecule has 1 rings (SSSR count). The van der Waals surface area contributed by atoms with Crippen LogP contribution >= 0.6 is 11.9 Å². The molecule has 0 atom stereocenters. The van der Waals surface area contributed by atoms with Crippen LogP contribution in [0.5, 0.6) is 0 Å². The van der Waals surface area contributed by atoms with Crippen molar-refractivity contribution in [3.05, 3.63) is 34.2 Å². The molecule has 4 heteroatoms. The predicted octanol–water partition coefficient (Wildman–Crippen LogP) is -0.767. The van der Waals surface area contributed by atoms with Gasteiger partial charge in [-0.3, -0.25) is 5.14 Å². The second-order valence-electron chi connectivity index (χ2n) is 3.06. The summed E-state index contributed by atoms with van der Waals surface area (Å²) < 4.78 is 0. The zero-order valence-electron chi connectivity index (χ0n) is 8.16. The zero-order chi connectivity index (χ0) is 11.1. The Morgan fingerprint density at radius 1 is 1.20 bits per heavy atom. The highest BCUT2D eigenvalue weighted by atomic mass is 32.2. The summed E-state index contributed by atoms with van der Waals surface area (Å²) in [7, 11) is 0. The van der Waals surface area contributed by atoms with Crippen LogP contribution in [0.4, 0.5) is 0 Å². The maximum absolute atomic E-state index is 10.5. The topological polar surface area (TPSA) is 60.2 Å². The lowest BCUT2D eigenvalue weighted by Gasteiger charge is -1.98. The van der Waals surface area contributed by atoms with Crippen LogP contribution in [-0.2, 0) is 16.0 Å². The van der Waals surface area contributed by atoms with E-state index in [9.17, 15) is 9.59 Å². The Balaban J connectivity index is 2.96. The average Bonchev–Trinajstić information content (AvgIpc) is 2.29. The third-order valence-corrected chi connectivity index (χ3v) is 2.56. The van der Waals surface area contributed by atoms with Crippen molar-refractivity contribution >= 4 is 23.8 Å². The largest absolute Gasteiger partial charge is 0.278 e. The lowest BCUT2D eigenvalue weighted by Crippen LogP contribution is -2.27. The maximum Gasteiger partial charge on any atom is 0.133 e. The Bertz CT molecular complexity index is 488. The minimum atomic E-state index is 0.266. The third kappa shape index (κ3) is 3.39. The van der Waals surface area contributed by atoms with E-state index in [1.165, 1.54) is 11.9 Å². The first kappa shape index (κ1) is 11.8. The number of rotatable bonds is 4. The lowest BCUT2D eigenvalue weighted by molar-refractivity contribution is 0.564. The number of carbonyl (C=O) groups excluding carboxylic acids is 2. The van der Waals surface area contributed by atoms with Crippen LogP contribution in [0.3, 0.4) is 0 Å². The molecule has 0 aliphatic carbocycles. The molecule has 0 saturated carbocycles. The molecule has 1 aromatic rings. The van der Waals surface area contributed by atoms with E-state index in [1.807, 2.05) is 6.07 Å². The highest BCUT2D eigenvalue weighted by molar-refractivity contribution is 7.97. The Labute approximate surface area is 91.8 Å². The van der Waals surface area contributed by atoms with Gasteiger partial charge >= 0.3 is 0 Å². The van der Waals surface area contributed by atoms with Gasteiger partial charge in [0.15, 0.2) is 0 Å². The van der Waals surface area contributed by atoms with Crippen molar-refractivity contribution in [1.29, 1.82) is 0 Å². The van der Waals surface area contributed by atoms with Crippen molar-refractivity contribution in [2.75, 3.05) is 5.75 Å². The van der Waals surface area contributed by atoms with Crippen LogP contribution in [0.1, 0.15) is 12.0 Å². The number of hydrogen-bond donors (Lipinski definition) is 1. The fourth-order valence-electron chi connectivity index (χ4n) is 1.28. The summed E-state index contributed by atoms with van der Waals surface area (Å²) in [6.07, 6.45) is 1.79. The Hall–Kier alpha value is -1.31. The van der Waals surface area contributed by atoms with Gasteiger partial charge in [0.1, 0.15) is 11.9 Å². The molecule has 0 fully saturated rings. The molecule has 0 aromatic heterocycles. The summed E-state index contributed by atoms with van der Waals surface area (Å²) in [6, 6.07) is 5.09. The van der Waals surface area contributed by atoms with E-state index in [4.69, 9.17) is 5.14 Å². The molecule has 0 spiro atoms. The van der Waals surface area contributed by atoms with Gasteiger partial charge in [-0.15, -0.1) is 0 Å². The number of aryl methyl sites for hydroxylation is 1. The standard InChI is InChI=1S/C11H11NO2S/c12-15-5-1-2-9-3-4-10(7-13)11(6-9)8-14/h3-4,6H,1-2,5,12H2. The van der Waals surface area contributed by atoms with Crippen LogP contribution < -0.4 is 15.6 Å². The zero-order valence-corrected chi connectivity index (χ0v) is 8.97. The minimum Gasteiger partial charge on any atom is -0.278 e. The van der Waals surface area contributed by atoms with E-state index in [0.29, 0.717) is 0 Å². The van der Waals surface area contributed by atoms with Crippen molar-refractivity contribution in [2.45, 2.75) is 12.8 Å². The van der Waals surface area contributed by atoms with Gasteiger partial charge in [0.2, 0.25) is 0 Å². The molecule has 0 aliphatic rings. The van der Waals surface area contributed by atoms with Crippen LogP contribution in [0.2, 0.25) is 0 Å². The first-order valence-electron chi connectivity index (χ1n) is 4.52. The van der Waals surface area contributed by atoms with Crippen LogP contribution in [0.25, 0.3) is 0 Å². The molecule has 15 heavy (non-hydrogen) atoms. The summed E-state index contributed by atoms with van der Waals surface area (Å²) in [6.45, 7) is 0. The lowest BCUT2D eigenvalue weighted by atomic mass is 10.1. The SMILES string of the molecule is NSCCCc1ccc(=C=O)c(=C=O)c1. The van der Waals surface area contributed by atoms with Crippen LogP contribution in [-0.4, -0.2) is 17.6 Å². The number of nitrogens with two attached hydrogens (primary N) is 1. The molecule has 0 unspecified atom stereocenters. The van der Waals surface area contributed by atoms with Gasteiger partial charge < -0.3 is 0 Å². The highest BCUT2D eigenvalue weighted by Crippen LogP contribution is 2.00. The molecule has 1 aromatic carbocycles. The summed E-state index contributed by atoms with van der Waals surface area (Å²) in [5.74, 6) is 4.32.